The van der Waals surface area contributed by atoms with Crippen molar-refractivity contribution in [3.8, 4) is 6.07 Å². The first kappa shape index (κ1) is 16.5. The highest BCUT2D eigenvalue weighted by Crippen LogP contribution is 2.16. The summed E-state index contributed by atoms with van der Waals surface area (Å²) in [6, 6.07) is 26.7. The molecular weight excluding hydrogens is 302 g/mol. The van der Waals surface area contributed by atoms with Crippen molar-refractivity contribution in [1.82, 2.24) is 0 Å². The Bertz CT molecular complexity index is 940. The molecule has 0 atom stereocenters. The third kappa shape index (κ3) is 4.56. The van der Waals surface area contributed by atoms with Crippen LogP contribution in [-0.2, 0) is 0 Å². The monoisotopic (exact) mass is 321 g/mol. The number of benzene rings is 3. The normalized spacial score (nSPS) is 11.0. The Kier molecular flexibility index (Phi) is 5.24. The summed E-state index contributed by atoms with van der Waals surface area (Å²) in [4.78, 5) is 0. The Morgan fingerprint density at radius 2 is 1.24 bits per heavy atom. The lowest BCUT2D eigenvalue weighted by molar-refractivity contribution is 1.40. The van der Waals surface area contributed by atoms with Crippen molar-refractivity contribution in [2.45, 2.75) is 6.92 Å². The van der Waals surface area contributed by atoms with Gasteiger partial charge in [-0.05, 0) is 46.9 Å². The van der Waals surface area contributed by atoms with Crippen LogP contribution >= 0.6 is 0 Å². The highest BCUT2D eigenvalue weighted by molar-refractivity contribution is 5.73. The molecule has 0 radical (unpaired) electrons. The number of nitriles is 1. The van der Waals surface area contributed by atoms with Crippen molar-refractivity contribution in [1.29, 1.82) is 5.26 Å². The summed E-state index contributed by atoms with van der Waals surface area (Å²) in [5.74, 6) is 0. The minimum Gasteiger partial charge on any atom is -0.192 e. The van der Waals surface area contributed by atoms with Crippen LogP contribution in [0.1, 0.15) is 33.4 Å². The first-order valence-electron chi connectivity index (χ1n) is 8.27. The van der Waals surface area contributed by atoms with Gasteiger partial charge in [-0.1, -0.05) is 85.0 Å². The zero-order valence-corrected chi connectivity index (χ0v) is 14.2. The van der Waals surface area contributed by atoms with Crippen molar-refractivity contribution in [2.75, 3.05) is 0 Å². The molecule has 3 rings (SSSR count). The maximum Gasteiger partial charge on any atom is 0.0991 e. The second-order valence-electron chi connectivity index (χ2n) is 5.93. The topological polar surface area (TPSA) is 23.8 Å². The van der Waals surface area contributed by atoms with E-state index in [9.17, 15) is 0 Å². The van der Waals surface area contributed by atoms with Crippen LogP contribution in [0.15, 0.2) is 72.8 Å². The summed E-state index contributed by atoms with van der Waals surface area (Å²) in [6.45, 7) is 2.03. The van der Waals surface area contributed by atoms with Gasteiger partial charge >= 0.3 is 0 Å². The zero-order valence-electron chi connectivity index (χ0n) is 14.2. The second-order valence-corrected chi connectivity index (χ2v) is 5.93. The van der Waals surface area contributed by atoms with Crippen LogP contribution in [0, 0.1) is 18.3 Å². The Balaban J connectivity index is 1.70. The van der Waals surface area contributed by atoms with Gasteiger partial charge in [0, 0.05) is 0 Å². The van der Waals surface area contributed by atoms with E-state index in [4.69, 9.17) is 5.26 Å². The minimum absolute atomic E-state index is 0.698. The van der Waals surface area contributed by atoms with Gasteiger partial charge in [0.05, 0.1) is 11.6 Å². The summed E-state index contributed by atoms with van der Waals surface area (Å²) in [7, 11) is 0. The summed E-state index contributed by atoms with van der Waals surface area (Å²) < 4.78 is 0. The van der Waals surface area contributed by atoms with Crippen molar-refractivity contribution >= 4 is 24.3 Å². The van der Waals surface area contributed by atoms with E-state index < -0.39 is 0 Å². The smallest absolute Gasteiger partial charge is 0.0991 e. The third-order valence-corrected chi connectivity index (χ3v) is 4.06. The third-order valence-electron chi connectivity index (χ3n) is 4.06. The second kappa shape index (κ2) is 7.95. The molecule has 0 unspecified atom stereocenters. The summed E-state index contributed by atoms with van der Waals surface area (Å²) in [5, 5.41) is 8.93. The molecule has 0 aliphatic heterocycles. The minimum atomic E-state index is 0.698. The van der Waals surface area contributed by atoms with Crippen LogP contribution in [-0.4, -0.2) is 0 Å². The molecule has 25 heavy (non-hydrogen) atoms. The molecule has 0 fully saturated rings. The molecule has 120 valence electrons. The van der Waals surface area contributed by atoms with Gasteiger partial charge in [-0.2, -0.15) is 5.26 Å². The van der Waals surface area contributed by atoms with Crippen LogP contribution < -0.4 is 0 Å². The molecule has 0 bridgehead atoms. The predicted molar refractivity (Wildman–Crippen MR) is 107 cm³/mol. The molecule has 3 aromatic rings. The Labute approximate surface area is 149 Å². The maximum atomic E-state index is 8.93. The SMILES string of the molecule is Cc1cc(C#N)ccc1/C=C/c1ccc(/C=C/c2ccccc2)cc1. The highest BCUT2D eigenvalue weighted by Gasteiger charge is 1.97. The van der Waals surface area contributed by atoms with Gasteiger partial charge in [0.25, 0.3) is 0 Å². The standard InChI is InChI=1S/C24H19N/c1-19-17-23(18-25)14-16-24(19)15-13-22-11-9-21(10-12-22)8-7-20-5-3-2-4-6-20/h2-17H,1H3/b8-7+,15-13+. The molecule has 0 aliphatic rings. The molecule has 1 heteroatoms. The quantitative estimate of drug-likeness (QED) is 0.524. The van der Waals surface area contributed by atoms with Gasteiger partial charge in [-0.15, -0.1) is 0 Å². The Hall–Kier alpha value is -3.37. The van der Waals surface area contributed by atoms with Crippen molar-refractivity contribution in [3.05, 3.63) is 106 Å². The molecule has 0 aromatic heterocycles. The van der Waals surface area contributed by atoms with E-state index >= 15 is 0 Å². The average molecular weight is 321 g/mol. The number of hydrogen-bond acceptors (Lipinski definition) is 1. The van der Waals surface area contributed by atoms with Crippen molar-refractivity contribution in [3.63, 3.8) is 0 Å². The van der Waals surface area contributed by atoms with Gasteiger partial charge < -0.3 is 0 Å². The molecule has 3 aromatic carbocycles. The van der Waals surface area contributed by atoms with Crippen LogP contribution in [0.25, 0.3) is 24.3 Å². The summed E-state index contributed by atoms with van der Waals surface area (Å²) >= 11 is 0. The molecule has 0 saturated carbocycles. The Morgan fingerprint density at radius 1 is 0.680 bits per heavy atom. The number of hydrogen-bond donors (Lipinski definition) is 0. The van der Waals surface area contributed by atoms with Crippen LogP contribution in [0.2, 0.25) is 0 Å². The number of rotatable bonds is 4. The molecule has 0 aliphatic carbocycles. The van der Waals surface area contributed by atoms with E-state index in [1.807, 2.05) is 43.3 Å². The van der Waals surface area contributed by atoms with Crippen LogP contribution in [0.4, 0.5) is 0 Å². The summed E-state index contributed by atoms with van der Waals surface area (Å²) in [6.07, 6.45) is 8.42. The average Bonchev–Trinajstić information content (AvgIpc) is 2.67. The first-order valence-corrected chi connectivity index (χ1v) is 8.27. The Morgan fingerprint density at radius 3 is 1.80 bits per heavy atom. The van der Waals surface area contributed by atoms with Gasteiger partial charge in [0.2, 0.25) is 0 Å². The van der Waals surface area contributed by atoms with E-state index in [2.05, 4.69) is 66.8 Å². The molecule has 0 spiro atoms. The molecular formula is C24H19N. The molecule has 0 saturated heterocycles. The lowest BCUT2D eigenvalue weighted by Gasteiger charge is -2.01. The summed E-state index contributed by atoms with van der Waals surface area (Å²) in [5.41, 5.74) is 6.47. The van der Waals surface area contributed by atoms with E-state index in [0.717, 1.165) is 16.7 Å². The van der Waals surface area contributed by atoms with Crippen LogP contribution in [0.5, 0.6) is 0 Å². The predicted octanol–water partition coefficient (Wildman–Crippen LogP) is 6.21. The van der Waals surface area contributed by atoms with Crippen LogP contribution in [0.3, 0.4) is 0 Å². The van der Waals surface area contributed by atoms with Gasteiger partial charge in [-0.3, -0.25) is 0 Å². The van der Waals surface area contributed by atoms with E-state index in [-0.39, 0.29) is 0 Å². The zero-order chi connectivity index (χ0) is 17.5. The fourth-order valence-corrected chi connectivity index (χ4v) is 2.59. The maximum absolute atomic E-state index is 8.93. The fourth-order valence-electron chi connectivity index (χ4n) is 2.59. The van der Waals surface area contributed by atoms with Gasteiger partial charge in [0.15, 0.2) is 0 Å². The largest absolute Gasteiger partial charge is 0.192 e. The molecule has 0 amide bonds. The number of nitrogens with zero attached hydrogens (tertiary/aromatic N) is 1. The first-order chi connectivity index (χ1) is 12.2. The van der Waals surface area contributed by atoms with E-state index in [0.29, 0.717) is 5.56 Å². The lowest BCUT2D eigenvalue weighted by atomic mass is 10.0. The van der Waals surface area contributed by atoms with Crippen molar-refractivity contribution < 1.29 is 0 Å². The lowest BCUT2D eigenvalue weighted by Crippen LogP contribution is -1.83. The van der Waals surface area contributed by atoms with Gasteiger partial charge in [-0.25, -0.2) is 0 Å². The molecule has 0 heterocycles. The molecule has 0 N–H and O–H groups in total. The highest BCUT2D eigenvalue weighted by atomic mass is 14.2. The molecule has 1 nitrogen and oxygen atoms in total. The number of aryl methyl sites for hydroxylation is 1. The van der Waals surface area contributed by atoms with Crippen molar-refractivity contribution in [2.24, 2.45) is 0 Å². The fraction of sp³-hybridized carbons (Fsp3) is 0.0417. The van der Waals surface area contributed by atoms with E-state index in [1.165, 1.54) is 11.1 Å². The van der Waals surface area contributed by atoms with E-state index in [1.54, 1.807) is 0 Å². The van der Waals surface area contributed by atoms with Gasteiger partial charge in [0.1, 0.15) is 0 Å².